The van der Waals surface area contributed by atoms with Gasteiger partial charge in [0.1, 0.15) is 0 Å². The van der Waals surface area contributed by atoms with Crippen LogP contribution in [-0.4, -0.2) is 25.2 Å². The van der Waals surface area contributed by atoms with Crippen LogP contribution in [0.15, 0.2) is 24.3 Å². The van der Waals surface area contributed by atoms with Gasteiger partial charge in [0.25, 0.3) is 0 Å². The van der Waals surface area contributed by atoms with Gasteiger partial charge in [0.05, 0.1) is 12.0 Å². The molecule has 1 heterocycles. The number of amides is 1. The quantitative estimate of drug-likeness (QED) is 0.925. The van der Waals surface area contributed by atoms with Gasteiger partial charge in [0, 0.05) is 19.3 Å². The molecule has 0 radical (unpaired) electrons. The third kappa shape index (κ3) is 3.52. The van der Waals surface area contributed by atoms with E-state index in [9.17, 15) is 18.0 Å². The third-order valence-electron chi connectivity index (χ3n) is 5.14. The van der Waals surface area contributed by atoms with Crippen molar-refractivity contribution >= 4 is 5.91 Å². The first-order valence-corrected chi connectivity index (χ1v) is 7.92. The molecule has 1 aliphatic heterocycles. The summed E-state index contributed by atoms with van der Waals surface area (Å²) in [4.78, 5) is 12.2. The normalized spacial score (nSPS) is 23.3. The Bertz CT molecular complexity index is 562. The molecule has 1 atom stereocenters. The molecular formula is C17H20F3NO2. The van der Waals surface area contributed by atoms with Crippen molar-refractivity contribution in [2.24, 2.45) is 5.41 Å². The molecule has 2 fully saturated rings. The highest BCUT2D eigenvalue weighted by atomic mass is 19.4. The zero-order valence-electron chi connectivity index (χ0n) is 12.8. The van der Waals surface area contributed by atoms with Crippen LogP contribution in [0.5, 0.6) is 0 Å². The van der Waals surface area contributed by atoms with Gasteiger partial charge in [-0.1, -0.05) is 12.1 Å². The number of rotatable bonds is 3. The first kappa shape index (κ1) is 16.3. The molecule has 126 valence electrons. The van der Waals surface area contributed by atoms with Crippen molar-refractivity contribution in [1.82, 2.24) is 5.32 Å². The van der Waals surface area contributed by atoms with Crippen LogP contribution < -0.4 is 5.32 Å². The summed E-state index contributed by atoms with van der Waals surface area (Å²) < 4.78 is 42.9. The highest BCUT2D eigenvalue weighted by Gasteiger charge is 2.47. The molecule has 3 nitrogen and oxygen atoms in total. The molecule has 1 unspecified atom stereocenters. The number of halogens is 3. The molecule has 1 saturated carbocycles. The van der Waals surface area contributed by atoms with E-state index < -0.39 is 11.7 Å². The predicted octanol–water partition coefficient (Wildman–Crippen LogP) is 3.32. The van der Waals surface area contributed by atoms with Gasteiger partial charge in [-0.05, 0) is 48.8 Å². The largest absolute Gasteiger partial charge is 0.416 e. The van der Waals surface area contributed by atoms with Crippen molar-refractivity contribution in [3.63, 3.8) is 0 Å². The number of alkyl halides is 3. The van der Waals surface area contributed by atoms with Crippen molar-refractivity contribution < 1.29 is 22.7 Å². The summed E-state index contributed by atoms with van der Waals surface area (Å²) in [5.41, 5.74) is 0.0753. The van der Waals surface area contributed by atoms with Crippen LogP contribution in [0.25, 0.3) is 0 Å². The smallest absolute Gasteiger partial charge is 0.381 e. The van der Waals surface area contributed by atoms with Crippen molar-refractivity contribution in [2.75, 3.05) is 13.2 Å². The van der Waals surface area contributed by atoms with Gasteiger partial charge in [0.15, 0.2) is 0 Å². The molecule has 1 amide bonds. The number of carbonyl (C=O) groups excluding carboxylic acids is 1. The summed E-state index contributed by atoms with van der Waals surface area (Å²) in [7, 11) is 0. The lowest BCUT2D eigenvalue weighted by Crippen LogP contribution is -2.57. The molecule has 6 heteroatoms. The van der Waals surface area contributed by atoms with Crippen molar-refractivity contribution in [3.05, 3.63) is 35.4 Å². The van der Waals surface area contributed by atoms with E-state index in [0.717, 1.165) is 51.0 Å². The highest BCUT2D eigenvalue weighted by Crippen LogP contribution is 2.48. The lowest BCUT2D eigenvalue weighted by molar-refractivity contribution is -0.137. The lowest BCUT2D eigenvalue weighted by atomic mass is 9.60. The van der Waals surface area contributed by atoms with Crippen molar-refractivity contribution in [1.29, 1.82) is 0 Å². The number of hydrogen-bond acceptors (Lipinski definition) is 2. The second-order valence-electron chi connectivity index (χ2n) is 6.50. The van der Waals surface area contributed by atoms with E-state index >= 15 is 0 Å². The monoisotopic (exact) mass is 327 g/mol. The van der Waals surface area contributed by atoms with Gasteiger partial charge in [-0.15, -0.1) is 0 Å². The van der Waals surface area contributed by atoms with Gasteiger partial charge < -0.3 is 10.1 Å². The molecule has 1 aromatic carbocycles. The minimum absolute atomic E-state index is 0.112. The zero-order valence-corrected chi connectivity index (χ0v) is 12.8. The predicted molar refractivity (Wildman–Crippen MR) is 78.8 cm³/mol. The van der Waals surface area contributed by atoms with Crippen LogP contribution in [-0.2, 0) is 22.1 Å². The summed E-state index contributed by atoms with van der Waals surface area (Å²) in [5.74, 6) is -0.125. The zero-order chi connectivity index (χ0) is 16.5. The Morgan fingerprint density at radius 1 is 1.17 bits per heavy atom. The molecule has 1 saturated heterocycles. The van der Waals surface area contributed by atoms with Crippen LogP contribution in [0.2, 0.25) is 0 Å². The maximum absolute atomic E-state index is 12.5. The molecule has 1 spiro atoms. The van der Waals surface area contributed by atoms with Gasteiger partial charge in [0.2, 0.25) is 5.91 Å². The molecule has 2 aliphatic rings. The van der Waals surface area contributed by atoms with E-state index in [2.05, 4.69) is 5.32 Å². The molecule has 0 aromatic heterocycles. The number of hydrogen-bond donors (Lipinski definition) is 1. The second-order valence-corrected chi connectivity index (χ2v) is 6.50. The maximum Gasteiger partial charge on any atom is 0.416 e. The van der Waals surface area contributed by atoms with E-state index in [1.807, 2.05) is 0 Å². The van der Waals surface area contributed by atoms with E-state index in [-0.39, 0.29) is 23.8 Å². The Hall–Kier alpha value is -1.56. The van der Waals surface area contributed by atoms with Crippen LogP contribution >= 0.6 is 0 Å². The van der Waals surface area contributed by atoms with Crippen molar-refractivity contribution in [2.45, 2.75) is 44.3 Å². The van der Waals surface area contributed by atoms with E-state index in [1.54, 1.807) is 0 Å². The number of nitrogens with one attached hydrogen (secondary N) is 1. The van der Waals surface area contributed by atoms with Crippen molar-refractivity contribution in [3.8, 4) is 0 Å². The summed E-state index contributed by atoms with van der Waals surface area (Å²) in [6, 6.07) is 4.95. The Morgan fingerprint density at radius 2 is 1.83 bits per heavy atom. The summed E-state index contributed by atoms with van der Waals surface area (Å²) in [5, 5.41) is 3.05. The van der Waals surface area contributed by atoms with Crippen LogP contribution in [0.1, 0.15) is 36.8 Å². The highest BCUT2D eigenvalue weighted by molar-refractivity contribution is 5.79. The average molecular weight is 327 g/mol. The number of carbonyl (C=O) groups is 1. The van der Waals surface area contributed by atoms with Gasteiger partial charge in [-0.3, -0.25) is 4.79 Å². The molecule has 23 heavy (non-hydrogen) atoms. The Labute approximate surface area is 133 Å². The standard InChI is InChI=1S/C17H20F3NO2/c18-17(19,20)13-3-1-12(2-4-13)11-15(22)21-14-5-6-16(14)7-9-23-10-8-16/h1-4,14H,5-11H2,(H,21,22). The first-order chi connectivity index (χ1) is 10.9. The van der Waals surface area contributed by atoms with Crippen LogP contribution in [0.4, 0.5) is 13.2 Å². The topological polar surface area (TPSA) is 38.3 Å². The minimum Gasteiger partial charge on any atom is -0.381 e. The molecular weight excluding hydrogens is 307 g/mol. The average Bonchev–Trinajstić information content (AvgIpc) is 2.52. The second kappa shape index (κ2) is 6.15. The lowest BCUT2D eigenvalue weighted by Gasteiger charge is -2.52. The molecule has 3 rings (SSSR count). The Balaban J connectivity index is 1.55. The Kier molecular flexibility index (Phi) is 4.36. The van der Waals surface area contributed by atoms with Crippen LogP contribution in [0, 0.1) is 5.41 Å². The molecule has 1 aromatic rings. The number of benzene rings is 1. The summed E-state index contributed by atoms with van der Waals surface area (Å²) >= 11 is 0. The minimum atomic E-state index is -4.35. The summed E-state index contributed by atoms with van der Waals surface area (Å²) in [6.07, 6.45) is -0.208. The summed E-state index contributed by atoms with van der Waals surface area (Å²) in [6.45, 7) is 1.48. The van der Waals surface area contributed by atoms with Gasteiger partial charge >= 0.3 is 6.18 Å². The molecule has 1 N–H and O–H groups in total. The van der Waals surface area contributed by atoms with E-state index in [0.29, 0.717) is 5.56 Å². The van der Waals surface area contributed by atoms with E-state index in [1.165, 1.54) is 12.1 Å². The fraction of sp³-hybridized carbons (Fsp3) is 0.588. The Morgan fingerprint density at radius 3 is 2.35 bits per heavy atom. The van der Waals surface area contributed by atoms with E-state index in [4.69, 9.17) is 4.74 Å². The molecule has 0 bridgehead atoms. The SMILES string of the molecule is O=C(Cc1ccc(C(F)(F)F)cc1)NC1CCC12CCOCC2. The maximum atomic E-state index is 12.5. The van der Waals surface area contributed by atoms with Gasteiger partial charge in [-0.25, -0.2) is 0 Å². The van der Waals surface area contributed by atoms with Gasteiger partial charge in [-0.2, -0.15) is 13.2 Å². The fourth-order valence-corrected chi connectivity index (χ4v) is 3.54. The van der Waals surface area contributed by atoms with Crippen LogP contribution in [0.3, 0.4) is 0 Å². The molecule has 1 aliphatic carbocycles. The fourth-order valence-electron chi connectivity index (χ4n) is 3.54. The number of ether oxygens (including phenoxy) is 1. The first-order valence-electron chi connectivity index (χ1n) is 7.92. The third-order valence-corrected chi connectivity index (χ3v) is 5.14.